The number of rotatable bonds is 16. The average molecular weight is 491 g/mol. The van der Waals surface area contributed by atoms with Gasteiger partial charge in [0.05, 0.1) is 6.04 Å². The lowest BCUT2D eigenvalue weighted by Gasteiger charge is -2.23. The normalized spacial score (nSPS) is 13.0. The van der Waals surface area contributed by atoms with Gasteiger partial charge >= 0.3 is 5.97 Å². The summed E-state index contributed by atoms with van der Waals surface area (Å²) in [6, 6.07) is -3.08. The molecule has 3 unspecified atom stereocenters. The quantitative estimate of drug-likeness (QED) is 0.0428. The number of carboxylic acids is 1. The number of nitrogens with two attached hydrogens (primary N) is 5. The van der Waals surface area contributed by atoms with Gasteiger partial charge in [0.25, 0.3) is 0 Å². The molecule has 0 aliphatic carbocycles. The summed E-state index contributed by atoms with van der Waals surface area (Å²) in [4.78, 5) is 55.5. The van der Waals surface area contributed by atoms with Crippen LogP contribution in [0.3, 0.4) is 0 Å². The number of guanidine groups is 2. The second-order valence-corrected chi connectivity index (χ2v) is 7.29. The average Bonchev–Trinajstić information content (AvgIpc) is 2.74. The first-order valence-electron chi connectivity index (χ1n) is 10.0. The largest absolute Gasteiger partial charge is 0.480 e. The van der Waals surface area contributed by atoms with E-state index in [4.69, 9.17) is 33.8 Å². The Morgan fingerprint density at radius 3 is 1.82 bits per heavy atom. The molecule has 33 heavy (non-hydrogen) atoms. The second kappa shape index (κ2) is 16.4. The van der Waals surface area contributed by atoms with E-state index in [1.54, 1.807) is 0 Å². The number of amides is 3. The third-order valence-electron chi connectivity index (χ3n) is 4.11. The van der Waals surface area contributed by atoms with Crippen molar-refractivity contribution in [2.45, 2.75) is 43.8 Å². The molecule has 0 heterocycles. The number of carboxylic acid groups (broad SMARTS) is 1. The van der Waals surface area contributed by atoms with Gasteiger partial charge < -0.3 is 49.7 Å². The van der Waals surface area contributed by atoms with Crippen molar-refractivity contribution in [3.8, 4) is 0 Å². The molecule has 0 radical (unpaired) electrons. The van der Waals surface area contributed by atoms with Gasteiger partial charge in [0.1, 0.15) is 18.6 Å². The highest BCUT2D eigenvalue weighted by atomic mass is 32.1. The molecule has 0 saturated carbocycles. The van der Waals surface area contributed by atoms with Crippen molar-refractivity contribution < 1.29 is 24.3 Å². The topological polar surface area (TPSA) is 279 Å². The van der Waals surface area contributed by atoms with E-state index in [-0.39, 0.29) is 37.1 Å². The number of hydrogen-bond donors (Lipinski definition) is 10. The summed E-state index contributed by atoms with van der Waals surface area (Å²) in [5.74, 6) is -3.51. The Balaban J connectivity index is 4.97. The van der Waals surface area contributed by atoms with Crippen LogP contribution in [0.1, 0.15) is 25.7 Å². The van der Waals surface area contributed by atoms with Crippen molar-refractivity contribution in [1.29, 1.82) is 0 Å². The summed E-state index contributed by atoms with van der Waals surface area (Å²) < 4.78 is 0. The van der Waals surface area contributed by atoms with Crippen molar-refractivity contribution in [2.24, 2.45) is 38.7 Å². The van der Waals surface area contributed by atoms with Crippen LogP contribution < -0.4 is 44.6 Å². The van der Waals surface area contributed by atoms with Gasteiger partial charge in [-0.2, -0.15) is 12.6 Å². The molecular weight excluding hydrogens is 456 g/mol. The van der Waals surface area contributed by atoms with Gasteiger partial charge in [-0.1, -0.05) is 0 Å². The van der Waals surface area contributed by atoms with Crippen LogP contribution >= 0.6 is 12.6 Å². The molecule has 3 atom stereocenters. The first kappa shape index (κ1) is 29.7. The highest BCUT2D eigenvalue weighted by Crippen LogP contribution is 2.02. The fourth-order valence-corrected chi connectivity index (χ4v) is 2.71. The highest BCUT2D eigenvalue weighted by molar-refractivity contribution is 7.80. The lowest BCUT2D eigenvalue weighted by atomic mass is 10.1. The zero-order chi connectivity index (χ0) is 25.4. The minimum atomic E-state index is -1.25. The van der Waals surface area contributed by atoms with Crippen molar-refractivity contribution in [1.82, 2.24) is 16.0 Å². The van der Waals surface area contributed by atoms with Crippen LogP contribution in [0.4, 0.5) is 0 Å². The van der Waals surface area contributed by atoms with Crippen LogP contribution in [0, 0.1) is 0 Å². The van der Waals surface area contributed by atoms with Crippen LogP contribution in [0.5, 0.6) is 0 Å². The molecule has 0 rings (SSSR count). The summed E-state index contributed by atoms with van der Waals surface area (Å²) in [5, 5.41) is 15.9. The zero-order valence-electron chi connectivity index (χ0n) is 18.2. The van der Waals surface area contributed by atoms with E-state index in [9.17, 15) is 19.2 Å². The summed E-state index contributed by atoms with van der Waals surface area (Å²) >= 11 is 4.07. The van der Waals surface area contributed by atoms with E-state index in [1.165, 1.54) is 0 Å². The van der Waals surface area contributed by atoms with Gasteiger partial charge in [-0.05, 0) is 25.7 Å². The van der Waals surface area contributed by atoms with E-state index in [0.717, 1.165) is 0 Å². The second-order valence-electron chi connectivity index (χ2n) is 6.92. The molecule has 3 amide bonds. The number of nitrogens with zero attached hydrogens (tertiary/aromatic N) is 2. The Labute approximate surface area is 196 Å². The van der Waals surface area contributed by atoms with Gasteiger partial charge in [-0.15, -0.1) is 0 Å². The molecule has 0 fully saturated rings. The Kier molecular flexibility index (Phi) is 14.8. The number of hydrogen-bond acceptors (Lipinski definition) is 8. The fourth-order valence-electron chi connectivity index (χ4n) is 2.45. The molecule has 0 aliphatic rings. The van der Waals surface area contributed by atoms with Gasteiger partial charge in [-0.25, -0.2) is 0 Å². The van der Waals surface area contributed by atoms with E-state index in [2.05, 4.69) is 38.6 Å². The van der Waals surface area contributed by atoms with Gasteiger partial charge in [0.15, 0.2) is 11.9 Å². The zero-order valence-corrected chi connectivity index (χ0v) is 19.1. The number of thiol groups is 1. The number of nitrogens with one attached hydrogen (secondary N) is 3. The van der Waals surface area contributed by atoms with Crippen molar-refractivity contribution in [3.05, 3.63) is 0 Å². The summed E-state index contributed by atoms with van der Waals surface area (Å²) in [5.41, 5.74) is 26.8. The minimum Gasteiger partial charge on any atom is -0.480 e. The molecule has 0 saturated heterocycles. The highest BCUT2D eigenvalue weighted by Gasteiger charge is 2.27. The van der Waals surface area contributed by atoms with Gasteiger partial charge in [0.2, 0.25) is 17.7 Å². The molecule has 0 aromatic rings. The number of aliphatic carboxylic acids is 1. The summed E-state index contributed by atoms with van der Waals surface area (Å²) in [6.45, 7) is -0.129. The standard InChI is InChI=1S/C17H34N10O5S/c18-9(3-1-5-23-16(19)20)13(30)27-11(8-33)15(32)26-10(4-2-6-24-17(21)22)14(31)25-7-12(28)29/h9-11,33H,1-8,18H2,(H,25,31)(H,26,32)(H,27,30)(H,28,29)(H4,19,20,23)(H4,21,22,24). The predicted octanol–water partition coefficient (Wildman–Crippen LogP) is -4.48. The molecular formula is C17H34N10O5S. The monoisotopic (exact) mass is 490 g/mol. The predicted molar refractivity (Wildman–Crippen MR) is 126 cm³/mol. The first-order valence-corrected chi connectivity index (χ1v) is 10.7. The Hall–Kier alpha value is -3.27. The maximum Gasteiger partial charge on any atom is 0.322 e. The van der Waals surface area contributed by atoms with E-state index < -0.39 is 48.4 Å². The van der Waals surface area contributed by atoms with Crippen LogP contribution in [-0.4, -0.2) is 84.2 Å². The Bertz CT molecular complexity index is 725. The summed E-state index contributed by atoms with van der Waals surface area (Å²) in [7, 11) is 0. The Morgan fingerprint density at radius 1 is 0.818 bits per heavy atom. The molecule has 14 N–H and O–H groups in total. The fraction of sp³-hybridized carbons (Fsp3) is 0.647. The van der Waals surface area contributed by atoms with Gasteiger partial charge in [-0.3, -0.25) is 29.2 Å². The van der Waals surface area contributed by atoms with E-state index >= 15 is 0 Å². The maximum atomic E-state index is 12.6. The third kappa shape index (κ3) is 14.4. The van der Waals surface area contributed by atoms with Crippen molar-refractivity contribution in [2.75, 3.05) is 25.4 Å². The molecule has 0 spiro atoms. The molecule has 15 nitrogen and oxygen atoms in total. The molecule has 188 valence electrons. The molecule has 16 heteroatoms. The molecule has 0 aliphatic heterocycles. The molecule has 0 aromatic carbocycles. The minimum absolute atomic E-state index is 0.0694. The first-order chi connectivity index (χ1) is 15.5. The number of carbonyl (C=O) groups excluding carboxylic acids is 3. The van der Waals surface area contributed by atoms with E-state index in [0.29, 0.717) is 19.4 Å². The van der Waals surface area contributed by atoms with Crippen molar-refractivity contribution >= 4 is 48.2 Å². The van der Waals surface area contributed by atoms with Crippen molar-refractivity contribution in [3.63, 3.8) is 0 Å². The lowest BCUT2D eigenvalue weighted by molar-refractivity contribution is -0.138. The lowest BCUT2D eigenvalue weighted by Crippen LogP contribution is -2.56. The summed E-state index contributed by atoms with van der Waals surface area (Å²) in [6.07, 6.45) is 1.16. The molecule has 0 aromatic heterocycles. The van der Waals surface area contributed by atoms with Gasteiger partial charge in [0, 0.05) is 18.8 Å². The van der Waals surface area contributed by atoms with Crippen LogP contribution in [-0.2, 0) is 19.2 Å². The smallest absolute Gasteiger partial charge is 0.322 e. The third-order valence-corrected chi connectivity index (χ3v) is 4.48. The number of carbonyl (C=O) groups is 4. The van der Waals surface area contributed by atoms with E-state index in [1.807, 2.05) is 0 Å². The molecule has 0 bridgehead atoms. The SMILES string of the molecule is NC(N)=NCCCC(N)C(=O)NC(CS)C(=O)NC(CCCN=C(N)N)C(=O)NCC(=O)O. The Morgan fingerprint density at radius 2 is 1.33 bits per heavy atom. The van der Waals surface area contributed by atoms with Crippen LogP contribution in [0.15, 0.2) is 9.98 Å². The number of aliphatic imine (C=N–C) groups is 2. The van der Waals surface area contributed by atoms with Crippen LogP contribution in [0.2, 0.25) is 0 Å². The van der Waals surface area contributed by atoms with Crippen LogP contribution in [0.25, 0.3) is 0 Å². The maximum absolute atomic E-state index is 12.6.